The number of methoxy groups -OCH3 is 1. The van der Waals surface area contributed by atoms with Crippen LogP contribution in [0.1, 0.15) is 18.4 Å². The Labute approximate surface area is 156 Å². The lowest BCUT2D eigenvalue weighted by Gasteiger charge is -2.15. The molecule has 2 aromatic rings. The monoisotopic (exact) mass is 376 g/mol. The van der Waals surface area contributed by atoms with Crippen molar-refractivity contribution in [3.8, 4) is 17.2 Å². The molecule has 0 unspecified atom stereocenters. The van der Waals surface area contributed by atoms with Gasteiger partial charge in [-0.15, -0.1) is 0 Å². The third-order valence-corrected chi connectivity index (χ3v) is 3.58. The van der Waals surface area contributed by atoms with Gasteiger partial charge in [0.15, 0.2) is 17.2 Å². The number of benzene rings is 2. The van der Waals surface area contributed by atoms with E-state index in [1.54, 1.807) is 12.1 Å². The van der Waals surface area contributed by atoms with E-state index >= 15 is 0 Å². The number of urea groups is 1. The lowest BCUT2D eigenvalue weighted by molar-refractivity contribution is -0.137. The Bertz CT molecular complexity index is 826. The average molecular weight is 376 g/mol. The van der Waals surface area contributed by atoms with Crippen LogP contribution in [0.4, 0.5) is 14.9 Å². The van der Waals surface area contributed by atoms with Gasteiger partial charge in [-0.05, 0) is 43.2 Å². The van der Waals surface area contributed by atoms with Gasteiger partial charge < -0.3 is 25.2 Å². The van der Waals surface area contributed by atoms with Gasteiger partial charge in [0.25, 0.3) is 0 Å². The van der Waals surface area contributed by atoms with E-state index in [1.807, 2.05) is 13.0 Å². The predicted molar refractivity (Wildman–Crippen MR) is 98.1 cm³/mol. The number of hydrogen-bond donors (Lipinski definition) is 3. The molecule has 0 aliphatic rings. The maximum atomic E-state index is 13.6. The molecule has 0 atom stereocenters. The second-order valence-corrected chi connectivity index (χ2v) is 5.78. The molecule has 0 aromatic heterocycles. The SMILES string of the molecule is COc1cc(C)ccc1Oc1ccc(F)cc1NC(=O)NCCCC(=O)O. The molecule has 2 amide bonds. The van der Waals surface area contributed by atoms with Crippen molar-refractivity contribution in [1.82, 2.24) is 5.32 Å². The van der Waals surface area contributed by atoms with Gasteiger partial charge in [0.1, 0.15) is 5.82 Å². The lowest BCUT2D eigenvalue weighted by atomic mass is 10.2. The summed E-state index contributed by atoms with van der Waals surface area (Å²) in [5.74, 6) is -0.327. The molecule has 2 rings (SSSR count). The van der Waals surface area contributed by atoms with Crippen molar-refractivity contribution >= 4 is 17.7 Å². The van der Waals surface area contributed by atoms with Crippen molar-refractivity contribution in [1.29, 1.82) is 0 Å². The Hall–Kier alpha value is -3.29. The fourth-order valence-corrected chi connectivity index (χ4v) is 2.27. The number of amides is 2. The zero-order chi connectivity index (χ0) is 19.8. The Balaban J connectivity index is 2.10. The number of hydrogen-bond acceptors (Lipinski definition) is 4. The van der Waals surface area contributed by atoms with Gasteiger partial charge in [-0.25, -0.2) is 9.18 Å². The van der Waals surface area contributed by atoms with Crippen LogP contribution < -0.4 is 20.1 Å². The molecular formula is C19H21FN2O5. The molecule has 0 aliphatic carbocycles. The van der Waals surface area contributed by atoms with Crippen LogP contribution in [0.25, 0.3) is 0 Å². The van der Waals surface area contributed by atoms with E-state index in [1.165, 1.54) is 19.2 Å². The minimum Gasteiger partial charge on any atom is -0.493 e. The molecule has 3 N–H and O–H groups in total. The van der Waals surface area contributed by atoms with Gasteiger partial charge >= 0.3 is 12.0 Å². The molecule has 8 heteroatoms. The van der Waals surface area contributed by atoms with Gasteiger partial charge in [0, 0.05) is 19.0 Å². The van der Waals surface area contributed by atoms with Crippen LogP contribution in [0, 0.1) is 12.7 Å². The molecule has 2 aromatic carbocycles. The van der Waals surface area contributed by atoms with Crippen LogP contribution in [0.15, 0.2) is 36.4 Å². The lowest BCUT2D eigenvalue weighted by Crippen LogP contribution is -2.30. The van der Waals surface area contributed by atoms with Crippen molar-refractivity contribution in [3.05, 3.63) is 47.8 Å². The van der Waals surface area contributed by atoms with Crippen LogP contribution in [0.2, 0.25) is 0 Å². The normalized spacial score (nSPS) is 10.2. The standard InChI is InChI=1S/C19H21FN2O5/c1-12-5-7-16(17(10-12)26-2)27-15-8-6-13(20)11-14(15)22-19(25)21-9-3-4-18(23)24/h5-8,10-11H,3-4,9H2,1-2H3,(H,23,24)(H2,21,22,25). The Kier molecular flexibility index (Phi) is 6.99. The maximum absolute atomic E-state index is 13.6. The number of aryl methyl sites for hydroxylation is 1. The van der Waals surface area contributed by atoms with Crippen molar-refractivity contribution < 1.29 is 28.6 Å². The van der Waals surface area contributed by atoms with E-state index in [0.717, 1.165) is 11.6 Å². The molecule has 144 valence electrons. The summed E-state index contributed by atoms with van der Waals surface area (Å²) in [7, 11) is 1.51. The second-order valence-electron chi connectivity index (χ2n) is 5.78. The highest BCUT2D eigenvalue weighted by Crippen LogP contribution is 2.36. The van der Waals surface area contributed by atoms with Gasteiger partial charge in [0.05, 0.1) is 12.8 Å². The van der Waals surface area contributed by atoms with E-state index in [2.05, 4.69) is 10.6 Å². The van der Waals surface area contributed by atoms with E-state index < -0.39 is 17.8 Å². The number of carboxylic acid groups (broad SMARTS) is 1. The molecule has 27 heavy (non-hydrogen) atoms. The molecule has 0 saturated carbocycles. The molecule has 0 saturated heterocycles. The average Bonchev–Trinajstić information content (AvgIpc) is 2.62. The number of nitrogens with one attached hydrogen (secondary N) is 2. The summed E-state index contributed by atoms with van der Waals surface area (Å²) >= 11 is 0. The van der Waals surface area contributed by atoms with Crippen molar-refractivity contribution in [2.24, 2.45) is 0 Å². The van der Waals surface area contributed by atoms with E-state index in [-0.39, 0.29) is 30.8 Å². The van der Waals surface area contributed by atoms with Crippen LogP contribution in [-0.2, 0) is 4.79 Å². The third-order valence-electron chi connectivity index (χ3n) is 3.58. The summed E-state index contributed by atoms with van der Waals surface area (Å²) in [6.07, 6.45) is 0.234. The van der Waals surface area contributed by atoms with E-state index in [9.17, 15) is 14.0 Å². The van der Waals surface area contributed by atoms with E-state index in [0.29, 0.717) is 11.5 Å². The maximum Gasteiger partial charge on any atom is 0.319 e. The first-order chi connectivity index (χ1) is 12.9. The molecular weight excluding hydrogens is 355 g/mol. The highest BCUT2D eigenvalue weighted by Gasteiger charge is 2.13. The van der Waals surface area contributed by atoms with Crippen LogP contribution in [-0.4, -0.2) is 30.8 Å². The quantitative estimate of drug-likeness (QED) is 0.607. The summed E-state index contributed by atoms with van der Waals surface area (Å²) in [6, 6.07) is 8.50. The largest absolute Gasteiger partial charge is 0.493 e. The van der Waals surface area contributed by atoms with Gasteiger partial charge in [-0.2, -0.15) is 0 Å². The number of carboxylic acids is 1. The fourth-order valence-electron chi connectivity index (χ4n) is 2.27. The first kappa shape index (κ1) is 20.0. The molecule has 0 aliphatic heterocycles. The summed E-state index contributed by atoms with van der Waals surface area (Å²) in [6.45, 7) is 2.08. The van der Waals surface area contributed by atoms with Crippen molar-refractivity contribution in [2.75, 3.05) is 19.0 Å². The number of aliphatic carboxylic acids is 1. The van der Waals surface area contributed by atoms with Gasteiger partial charge in [0.2, 0.25) is 0 Å². The fraction of sp³-hybridized carbons (Fsp3) is 0.263. The molecule has 0 radical (unpaired) electrons. The number of rotatable bonds is 8. The Morgan fingerprint density at radius 1 is 1.11 bits per heavy atom. The minimum atomic E-state index is -0.940. The van der Waals surface area contributed by atoms with E-state index in [4.69, 9.17) is 14.6 Å². The zero-order valence-electron chi connectivity index (χ0n) is 15.0. The topological polar surface area (TPSA) is 96.9 Å². The van der Waals surface area contributed by atoms with Gasteiger partial charge in [-0.1, -0.05) is 6.07 Å². The smallest absolute Gasteiger partial charge is 0.319 e. The Morgan fingerprint density at radius 3 is 2.56 bits per heavy atom. The summed E-state index contributed by atoms with van der Waals surface area (Å²) in [5.41, 5.74) is 1.12. The highest BCUT2D eigenvalue weighted by molar-refractivity contribution is 5.91. The molecule has 0 fully saturated rings. The van der Waals surface area contributed by atoms with Crippen LogP contribution >= 0.6 is 0 Å². The molecule has 7 nitrogen and oxygen atoms in total. The number of ether oxygens (including phenoxy) is 2. The van der Waals surface area contributed by atoms with Gasteiger partial charge in [-0.3, -0.25) is 4.79 Å². The minimum absolute atomic E-state index is 0.0537. The summed E-state index contributed by atoms with van der Waals surface area (Å²) in [4.78, 5) is 22.4. The Morgan fingerprint density at radius 2 is 1.85 bits per heavy atom. The number of carbonyl (C=O) groups is 2. The second kappa shape index (κ2) is 9.42. The third kappa shape index (κ3) is 6.18. The van der Waals surface area contributed by atoms with Crippen LogP contribution in [0.5, 0.6) is 17.2 Å². The number of carbonyl (C=O) groups excluding carboxylic acids is 1. The number of anilines is 1. The van der Waals surface area contributed by atoms with Crippen molar-refractivity contribution in [3.63, 3.8) is 0 Å². The van der Waals surface area contributed by atoms with Crippen LogP contribution in [0.3, 0.4) is 0 Å². The zero-order valence-corrected chi connectivity index (χ0v) is 15.0. The molecule has 0 bridgehead atoms. The molecule has 0 spiro atoms. The first-order valence-electron chi connectivity index (χ1n) is 8.27. The molecule has 0 heterocycles. The predicted octanol–water partition coefficient (Wildman–Crippen LogP) is 3.92. The summed E-state index contributed by atoms with van der Waals surface area (Å²) < 4.78 is 24.7. The number of halogens is 1. The van der Waals surface area contributed by atoms with Crippen molar-refractivity contribution in [2.45, 2.75) is 19.8 Å². The highest BCUT2D eigenvalue weighted by atomic mass is 19.1. The first-order valence-corrected chi connectivity index (χ1v) is 8.27. The summed E-state index contributed by atoms with van der Waals surface area (Å²) in [5, 5.41) is 13.6.